The predicted molar refractivity (Wildman–Crippen MR) is 88.5 cm³/mol. The molecule has 0 aliphatic heterocycles. The average Bonchev–Trinajstić information content (AvgIpc) is 2.39. The van der Waals surface area contributed by atoms with Gasteiger partial charge in [-0.25, -0.2) is 4.39 Å². The molecule has 21 heavy (non-hydrogen) atoms. The molecule has 1 unspecified atom stereocenters. The summed E-state index contributed by atoms with van der Waals surface area (Å²) < 4.78 is 14.7. The fourth-order valence-electron chi connectivity index (χ4n) is 2.61. The van der Waals surface area contributed by atoms with E-state index in [1.807, 2.05) is 6.07 Å². The molecule has 3 N–H and O–H groups in total. The Morgan fingerprint density at radius 1 is 1.10 bits per heavy atom. The Morgan fingerprint density at radius 2 is 1.76 bits per heavy atom. The molecule has 0 aromatic heterocycles. The second-order valence-corrected chi connectivity index (χ2v) is 6.42. The zero-order chi connectivity index (χ0) is 15.4. The van der Waals surface area contributed by atoms with Gasteiger partial charge in [0.25, 0.3) is 0 Å². The Morgan fingerprint density at radius 3 is 2.33 bits per heavy atom. The van der Waals surface area contributed by atoms with Crippen LogP contribution >= 0.6 is 15.9 Å². The molecule has 112 valence electrons. The van der Waals surface area contributed by atoms with Gasteiger partial charge in [-0.1, -0.05) is 51.3 Å². The Labute approximate surface area is 133 Å². The molecule has 0 saturated carbocycles. The van der Waals surface area contributed by atoms with Crippen LogP contribution in [0.15, 0.2) is 40.9 Å². The molecule has 4 heteroatoms. The Kier molecular flexibility index (Phi) is 5.51. The molecule has 0 aliphatic carbocycles. The van der Waals surface area contributed by atoms with Crippen LogP contribution in [0, 0.1) is 19.7 Å². The first-order chi connectivity index (χ1) is 9.97. The molecule has 0 spiro atoms. The Hall–Kier alpha value is -1.23. The lowest BCUT2D eigenvalue weighted by Crippen LogP contribution is -2.38. The van der Waals surface area contributed by atoms with Crippen molar-refractivity contribution in [2.75, 3.05) is 0 Å². The first kappa shape index (κ1) is 16.1. The lowest BCUT2D eigenvalue weighted by molar-refractivity contribution is 0.506. The lowest BCUT2D eigenvalue weighted by Gasteiger charge is -2.17. The van der Waals surface area contributed by atoms with E-state index < -0.39 is 0 Å². The fourth-order valence-corrected chi connectivity index (χ4v) is 2.95. The number of nitrogens with one attached hydrogen (secondary N) is 1. The van der Waals surface area contributed by atoms with E-state index in [1.165, 1.54) is 22.8 Å². The molecule has 0 aliphatic rings. The summed E-state index contributed by atoms with van der Waals surface area (Å²) >= 11 is 3.27. The largest absolute Gasteiger partial charge is 0.271 e. The Bertz CT molecular complexity index is 608. The zero-order valence-electron chi connectivity index (χ0n) is 12.3. The minimum atomic E-state index is -0.204. The molecule has 2 aromatic rings. The molecular formula is C17H20BrFN2. The van der Waals surface area contributed by atoms with Crippen molar-refractivity contribution in [1.82, 2.24) is 5.43 Å². The smallest absolute Gasteiger partial charge is 0.127 e. The molecular weight excluding hydrogens is 331 g/mol. The topological polar surface area (TPSA) is 38.0 Å². The van der Waals surface area contributed by atoms with Gasteiger partial charge < -0.3 is 0 Å². The van der Waals surface area contributed by atoms with Gasteiger partial charge in [-0.2, -0.15) is 0 Å². The monoisotopic (exact) mass is 350 g/mol. The minimum Gasteiger partial charge on any atom is -0.271 e. The van der Waals surface area contributed by atoms with Crippen LogP contribution in [0.1, 0.15) is 22.3 Å². The van der Waals surface area contributed by atoms with Gasteiger partial charge in [-0.05, 0) is 49.9 Å². The fraction of sp³-hybridized carbons (Fsp3) is 0.294. The molecule has 0 bridgehead atoms. The summed E-state index contributed by atoms with van der Waals surface area (Å²) in [5.41, 5.74) is 7.15. The normalized spacial score (nSPS) is 12.4. The first-order valence-electron chi connectivity index (χ1n) is 6.95. The highest BCUT2D eigenvalue weighted by Crippen LogP contribution is 2.18. The van der Waals surface area contributed by atoms with Gasteiger partial charge in [0.1, 0.15) is 5.82 Å². The highest BCUT2D eigenvalue weighted by Gasteiger charge is 2.12. The van der Waals surface area contributed by atoms with Crippen molar-refractivity contribution < 1.29 is 4.39 Å². The van der Waals surface area contributed by atoms with Crippen LogP contribution < -0.4 is 11.3 Å². The van der Waals surface area contributed by atoms with Crippen LogP contribution in [0.3, 0.4) is 0 Å². The second kappa shape index (κ2) is 7.16. The van der Waals surface area contributed by atoms with Crippen molar-refractivity contribution in [3.8, 4) is 0 Å². The van der Waals surface area contributed by atoms with Crippen LogP contribution in [0.5, 0.6) is 0 Å². The number of rotatable bonds is 5. The SMILES string of the molecule is Cc1cc(C)cc(CC(Cc2ccc(Br)cc2F)NN)c1. The maximum Gasteiger partial charge on any atom is 0.127 e. The van der Waals surface area contributed by atoms with Gasteiger partial charge in [0, 0.05) is 10.5 Å². The molecule has 2 rings (SSSR count). The van der Waals surface area contributed by atoms with Gasteiger partial charge in [-0.15, -0.1) is 0 Å². The van der Waals surface area contributed by atoms with E-state index >= 15 is 0 Å². The minimum absolute atomic E-state index is 0.00174. The second-order valence-electron chi connectivity index (χ2n) is 5.50. The molecule has 0 amide bonds. The van der Waals surface area contributed by atoms with Crippen molar-refractivity contribution in [1.29, 1.82) is 0 Å². The molecule has 0 radical (unpaired) electrons. The molecule has 2 nitrogen and oxygen atoms in total. The van der Waals surface area contributed by atoms with E-state index in [-0.39, 0.29) is 11.9 Å². The standard InChI is InChI=1S/C17H20BrFN2/c1-11-5-12(2)7-13(6-11)8-16(21-20)9-14-3-4-15(18)10-17(14)19/h3-7,10,16,21H,8-9,20H2,1-2H3. The van der Waals surface area contributed by atoms with Gasteiger partial charge >= 0.3 is 0 Å². The zero-order valence-corrected chi connectivity index (χ0v) is 13.9. The highest BCUT2D eigenvalue weighted by molar-refractivity contribution is 9.10. The number of hydrazine groups is 1. The quantitative estimate of drug-likeness (QED) is 0.635. The summed E-state index contributed by atoms with van der Waals surface area (Å²) in [6.45, 7) is 4.16. The third-order valence-corrected chi connectivity index (χ3v) is 3.97. The summed E-state index contributed by atoms with van der Waals surface area (Å²) in [5.74, 6) is 5.44. The maximum atomic E-state index is 13.9. The predicted octanol–water partition coefficient (Wildman–Crippen LogP) is 3.82. The van der Waals surface area contributed by atoms with E-state index in [0.717, 1.165) is 10.9 Å². The number of hydrogen-bond donors (Lipinski definition) is 2. The van der Waals surface area contributed by atoms with Gasteiger partial charge in [0.2, 0.25) is 0 Å². The van der Waals surface area contributed by atoms with Crippen LogP contribution in [0.25, 0.3) is 0 Å². The van der Waals surface area contributed by atoms with E-state index in [9.17, 15) is 4.39 Å². The van der Waals surface area contributed by atoms with E-state index in [4.69, 9.17) is 5.84 Å². The summed E-state index contributed by atoms with van der Waals surface area (Å²) in [7, 11) is 0. The van der Waals surface area contributed by atoms with Crippen LogP contribution in [0.4, 0.5) is 4.39 Å². The third-order valence-electron chi connectivity index (χ3n) is 3.48. The number of halogens is 2. The van der Waals surface area contributed by atoms with Gasteiger partial charge in [-0.3, -0.25) is 11.3 Å². The number of aryl methyl sites for hydroxylation is 2. The molecule has 2 aromatic carbocycles. The van der Waals surface area contributed by atoms with Gasteiger partial charge in [0.05, 0.1) is 0 Å². The third kappa shape index (κ3) is 4.63. The van der Waals surface area contributed by atoms with Crippen molar-refractivity contribution in [2.24, 2.45) is 5.84 Å². The summed E-state index contributed by atoms with van der Waals surface area (Å²) in [4.78, 5) is 0. The summed E-state index contributed by atoms with van der Waals surface area (Å²) in [6.07, 6.45) is 1.33. The molecule has 0 heterocycles. The van der Waals surface area contributed by atoms with E-state index in [1.54, 1.807) is 6.07 Å². The summed E-state index contributed by atoms with van der Waals surface area (Å²) in [5, 5.41) is 0. The van der Waals surface area contributed by atoms with Crippen LogP contribution in [0.2, 0.25) is 0 Å². The summed E-state index contributed by atoms with van der Waals surface area (Å²) in [6, 6.07) is 11.6. The van der Waals surface area contributed by atoms with Crippen molar-refractivity contribution in [2.45, 2.75) is 32.7 Å². The van der Waals surface area contributed by atoms with Crippen molar-refractivity contribution in [3.05, 3.63) is 68.9 Å². The van der Waals surface area contributed by atoms with Gasteiger partial charge in [0.15, 0.2) is 0 Å². The number of benzene rings is 2. The molecule has 0 saturated heterocycles. The van der Waals surface area contributed by atoms with Crippen molar-refractivity contribution in [3.63, 3.8) is 0 Å². The van der Waals surface area contributed by atoms with E-state index in [2.05, 4.69) is 53.4 Å². The van der Waals surface area contributed by atoms with E-state index in [0.29, 0.717) is 12.0 Å². The average molecular weight is 351 g/mol. The highest BCUT2D eigenvalue weighted by atomic mass is 79.9. The van der Waals surface area contributed by atoms with Crippen LogP contribution in [-0.2, 0) is 12.8 Å². The molecule has 1 atom stereocenters. The van der Waals surface area contributed by atoms with Crippen LogP contribution in [-0.4, -0.2) is 6.04 Å². The Balaban J connectivity index is 2.12. The lowest BCUT2D eigenvalue weighted by atomic mass is 9.97. The van der Waals surface area contributed by atoms with Crippen molar-refractivity contribution >= 4 is 15.9 Å². The maximum absolute atomic E-state index is 13.9. The molecule has 0 fully saturated rings. The number of hydrogen-bond acceptors (Lipinski definition) is 2. The number of nitrogens with two attached hydrogens (primary N) is 1. The first-order valence-corrected chi connectivity index (χ1v) is 7.74.